The molecule has 6 nitrogen and oxygen atoms in total. The SMILES string of the molecule is CNC(=O)CN(C)Cc1cc(=O)n2ccccc2n1. The number of pyridine rings is 1. The first-order valence-electron chi connectivity index (χ1n) is 5.96. The van der Waals surface area contributed by atoms with Gasteiger partial charge in [-0.3, -0.25) is 18.9 Å². The molecule has 2 aromatic rings. The molecule has 0 saturated carbocycles. The van der Waals surface area contributed by atoms with Crippen LogP contribution in [0.15, 0.2) is 35.3 Å². The van der Waals surface area contributed by atoms with E-state index in [1.54, 1.807) is 30.3 Å². The van der Waals surface area contributed by atoms with E-state index in [0.717, 1.165) is 0 Å². The van der Waals surface area contributed by atoms with Crippen LogP contribution in [0.25, 0.3) is 5.65 Å². The predicted octanol–water partition coefficient (Wildman–Crippen LogP) is -0.128. The van der Waals surface area contributed by atoms with E-state index in [2.05, 4.69) is 10.3 Å². The number of carbonyl (C=O) groups excluding carboxylic acids is 1. The Kier molecular flexibility index (Phi) is 3.91. The van der Waals surface area contributed by atoms with E-state index >= 15 is 0 Å². The lowest BCUT2D eigenvalue weighted by Gasteiger charge is -2.15. The number of hydrogen-bond acceptors (Lipinski definition) is 4. The second kappa shape index (κ2) is 5.62. The summed E-state index contributed by atoms with van der Waals surface area (Å²) in [4.78, 5) is 29.3. The molecule has 0 spiro atoms. The lowest BCUT2D eigenvalue weighted by atomic mass is 10.3. The van der Waals surface area contributed by atoms with Gasteiger partial charge < -0.3 is 5.32 Å². The molecule has 2 rings (SSSR count). The van der Waals surface area contributed by atoms with Gasteiger partial charge in [0.1, 0.15) is 5.65 Å². The minimum absolute atomic E-state index is 0.0694. The van der Waals surface area contributed by atoms with E-state index in [4.69, 9.17) is 0 Å². The van der Waals surface area contributed by atoms with Gasteiger partial charge in [0.05, 0.1) is 12.2 Å². The smallest absolute Gasteiger partial charge is 0.258 e. The molecule has 0 aliphatic rings. The molecule has 0 fully saturated rings. The molecule has 1 amide bonds. The summed E-state index contributed by atoms with van der Waals surface area (Å²) in [7, 11) is 3.40. The van der Waals surface area contributed by atoms with E-state index in [1.807, 2.05) is 13.1 Å². The highest BCUT2D eigenvalue weighted by molar-refractivity contribution is 5.77. The Balaban J connectivity index is 2.22. The van der Waals surface area contributed by atoms with Crippen molar-refractivity contribution < 1.29 is 4.79 Å². The first-order chi connectivity index (χ1) is 9.10. The zero-order valence-corrected chi connectivity index (χ0v) is 11.0. The van der Waals surface area contributed by atoms with Gasteiger partial charge in [0.25, 0.3) is 5.56 Å². The lowest BCUT2D eigenvalue weighted by molar-refractivity contribution is -0.121. The van der Waals surface area contributed by atoms with Gasteiger partial charge in [0.2, 0.25) is 5.91 Å². The average Bonchev–Trinajstić information content (AvgIpc) is 2.38. The summed E-state index contributed by atoms with van der Waals surface area (Å²) in [6.07, 6.45) is 1.68. The molecule has 0 bridgehead atoms. The van der Waals surface area contributed by atoms with Gasteiger partial charge in [0, 0.05) is 25.9 Å². The summed E-state index contributed by atoms with van der Waals surface area (Å²) in [6, 6.07) is 6.89. The quantitative estimate of drug-likeness (QED) is 0.831. The average molecular weight is 260 g/mol. The van der Waals surface area contributed by atoms with Crippen LogP contribution in [0.5, 0.6) is 0 Å². The molecule has 2 aromatic heterocycles. The number of carbonyl (C=O) groups is 1. The third kappa shape index (κ3) is 3.17. The largest absolute Gasteiger partial charge is 0.358 e. The number of likely N-dealkylation sites (N-methyl/N-ethyl adjacent to an activating group) is 2. The van der Waals surface area contributed by atoms with Crippen LogP contribution in [0.3, 0.4) is 0 Å². The van der Waals surface area contributed by atoms with Crippen LogP contribution < -0.4 is 10.9 Å². The predicted molar refractivity (Wildman–Crippen MR) is 71.9 cm³/mol. The molecular weight excluding hydrogens is 244 g/mol. The Hall–Kier alpha value is -2.21. The lowest BCUT2D eigenvalue weighted by Crippen LogP contribution is -2.33. The van der Waals surface area contributed by atoms with E-state index in [1.165, 1.54) is 10.5 Å². The minimum atomic E-state index is -0.117. The summed E-state index contributed by atoms with van der Waals surface area (Å²) in [5.74, 6) is -0.0694. The molecule has 0 saturated heterocycles. The van der Waals surface area contributed by atoms with Crippen molar-refractivity contribution in [3.8, 4) is 0 Å². The molecule has 0 aliphatic carbocycles. The van der Waals surface area contributed by atoms with Crippen LogP contribution in [0, 0.1) is 0 Å². The highest BCUT2D eigenvalue weighted by Crippen LogP contribution is 2.01. The Morgan fingerprint density at radius 3 is 3.00 bits per heavy atom. The number of nitrogens with one attached hydrogen (secondary N) is 1. The fraction of sp³-hybridized carbons (Fsp3) is 0.308. The standard InChI is InChI=1S/C13H16N4O2/c1-14-12(18)9-16(2)8-10-7-13(19)17-6-4-3-5-11(17)15-10/h3-7H,8-9H2,1-2H3,(H,14,18). The van der Waals surface area contributed by atoms with E-state index in [-0.39, 0.29) is 18.0 Å². The molecule has 6 heteroatoms. The van der Waals surface area contributed by atoms with Gasteiger partial charge in [0.15, 0.2) is 0 Å². The normalized spacial score (nSPS) is 10.9. The maximum Gasteiger partial charge on any atom is 0.258 e. The molecule has 0 aliphatic heterocycles. The topological polar surface area (TPSA) is 66.7 Å². The van der Waals surface area contributed by atoms with Gasteiger partial charge in [-0.15, -0.1) is 0 Å². The van der Waals surface area contributed by atoms with Crippen LogP contribution in [-0.4, -0.2) is 40.8 Å². The third-order valence-electron chi connectivity index (χ3n) is 2.75. The molecule has 0 radical (unpaired) electrons. The van der Waals surface area contributed by atoms with Crippen LogP contribution in [0.1, 0.15) is 5.69 Å². The second-order valence-corrected chi connectivity index (χ2v) is 4.36. The zero-order valence-electron chi connectivity index (χ0n) is 11.0. The summed E-state index contributed by atoms with van der Waals surface area (Å²) < 4.78 is 1.49. The number of hydrogen-bond donors (Lipinski definition) is 1. The first-order valence-corrected chi connectivity index (χ1v) is 5.96. The van der Waals surface area contributed by atoms with Gasteiger partial charge >= 0.3 is 0 Å². The van der Waals surface area contributed by atoms with Crippen LogP contribution in [0.4, 0.5) is 0 Å². The molecule has 0 aromatic carbocycles. The molecule has 0 atom stereocenters. The second-order valence-electron chi connectivity index (χ2n) is 4.36. The van der Waals surface area contributed by atoms with Gasteiger partial charge in [-0.05, 0) is 19.2 Å². The minimum Gasteiger partial charge on any atom is -0.358 e. The number of amides is 1. The van der Waals surface area contributed by atoms with Crippen molar-refractivity contribution in [2.75, 3.05) is 20.6 Å². The number of aromatic nitrogens is 2. The van der Waals surface area contributed by atoms with E-state index in [0.29, 0.717) is 17.9 Å². The van der Waals surface area contributed by atoms with Crippen molar-refractivity contribution in [3.63, 3.8) is 0 Å². The van der Waals surface area contributed by atoms with Crippen molar-refractivity contribution in [2.24, 2.45) is 0 Å². The Morgan fingerprint density at radius 1 is 1.47 bits per heavy atom. The molecule has 2 heterocycles. The fourth-order valence-electron chi connectivity index (χ4n) is 1.84. The summed E-state index contributed by atoms with van der Waals surface area (Å²) in [5.41, 5.74) is 1.15. The summed E-state index contributed by atoms with van der Waals surface area (Å²) >= 11 is 0. The summed E-state index contributed by atoms with van der Waals surface area (Å²) in [6.45, 7) is 0.723. The van der Waals surface area contributed by atoms with Crippen molar-refractivity contribution >= 4 is 11.6 Å². The van der Waals surface area contributed by atoms with Gasteiger partial charge in [-0.2, -0.15) is 0 Å². The van der Waals surface area contributed by atoms with Crippen molar-refractivity contribution in [3.05, 3.63) is 46.5 Å². The van der Waals surface area contributed by atoms with E-state index in [9.17, 15) is 9.59 Å². The number of rotatable bonds is 4. The van der Waals surface area contributed by atoms with Crippen molar-refractivity contribution in [2.45, 2.75) is 6.54 Å². The summed E-state index contributed by atoms with van der Waals surface area (Å²) in [5, 5.41) is 2.56. The maximum atomic E-state index is 11.9. The van der Waals surface area contributed by atoms with Gasteiger partial charge in [-0.25, -0.2) is 4.98 Å². The zero-order chi connectivity index (χ0) is 13.8. The highest BCUT2D eigenvalue weighted by atomic mass is 16.2. The van der Waals surface area contributed by atoms with Crippen LogP contribution in [-0.2, 0) is 11.3 Å². The molecular formula is C13H16N4O2. The number of fused-ring (bicyclic) bond motifs is 1. The molecule has 0 unspecified atom stereocenters. The monoisotopic (exact) mass is 260 g/mol. The van der Waals surface area contributed by atoms with Crippen LogP contribution >= 0.6 is 0 Å². The third-order valence-corrected chi connectivity index (χ3v) is 2.75. The van der Waals surface area contributed by atoms with Crippen molar-refractivity contribution in [1.29, 1.82) is 0 Å². The van der Waals surface area contributed by atoms with Crippen molar-refractivity contribution in [1.82, 2.24) is 19.6 Å². The van der Waals surface area contributed by atoms with Gasteiger partial charge in [-0.1, -0.05) is 6.07 Å². The molecule has 100 valence electrons. The molecule has 1 N–H and O–H groups in total. The van der Waals surface area contributed by atoms with Crippen LogP contribution in [0.2, 0.25) is 0 Å². The number of nitrogens with zero attached hydrogens (tertiary/aromatic N) is 3. The fourth-order valence-corrected chi connectivity index (χ4v) is 1.84. The highest BCUT2D eigenvalue weighted by Gasteiger charge is 2.08. The maximum absolute atomic E-state index is 11.9. The Morgan fingerprint density at radius 2 is 2.26 bits per heavy atom. The van der Waals surface area contributed by atoms with E-state index < -0.39 is 0 Å². The Bertz CT molecular complexity index is 650. The molecule has 19 heavy (non-hydrogen) atoms. The Labute approximate surface area is 110 Å². The first kappa shape index (κ1) is 13.2.